The van der Waals surface area contributed by atoms with Crippen molar-refractivity contribution in [3.63, 3.8) is 0 Å². The molecular formula is C18H21NO2. The average molecular weight is 283 g/mol. The van der Waals surface area contributed by atoms with Crippen molar-refractivity contribution in [3.05, 3.63) is 59.7 Å². The molecule has 0 saturated heterocycles. The molecule has 2 aromatic rings. The Hall–Kier alpha value is -2.13. The Morgan fingerprint density at radius 3 is 2.48 bits per heavy atom. The van der Waals surface area contributed by atoms with Crippen LogP contribution in [0.2, 0.25) is 0 Å². The maximum atomic E-state index is 11.1. The van der Waals surface area contributed by atoms with Crippen molar-refractivity contribution in [3.8, 4) is 11.1 Å². The second kappa shape index (κ2) is 7.04. The zero-order valence-electron chi connectivity index (χ0n) is 12.5. The minimum absolute atomic E-state index is 0.0317. The van der Waals surface area contributed by atoms with E-state index in [1.54, 1.807) is 0 Å². The lowest BCUT2D eigenvalue weighted by Gasteiger charge is -2.09. The molecule has 0 aromatic heterocycles. The lowest BCUT2D eigenvalue weighted by atomic mass is 9.99. The van der Waals surface area contributed by atoms with Crippen molar-refractivity contribution in [1.82, 2.24) is 0 Å². The van der Waals surface area contributed by atoms with Gasteiger partial charge < -0.3 is 10.5 Å². The first-order valence-electron chi connectivity index (χ1n) is 7.12. The molecule has 2 rings (SSSR count). The Morgan fingerprint density at radius 2 is 1.86 bits per heavy atom. The van der Waals surface area contributed by atoms with Crippen LogP contribution in [-0.4, -0.2) is 13.1 Å². The van der Waals surface area contributed by atoms with Gasteiger partial charge in [0, 0.05) is 12.5 Å². The third kappa shape index (κ3) is 4.17. The maximum Gasteiger partial charge on any atom is 0.305 e. The fourth-order valence-corrected chi connectivity index (χ4v) is 2.21. The predicted molar refractivity (Wildman–Crippen MR) is 84.8 cm³/mol. The topological polar surface area (TPSA) is 52.3 Å². The lowest BCUT2D eigenvalue weighted by molar-refractivity contribution is -0.140. The van der Waals surface area contributed by atoms with Crippen LogP contribution in [0.4, 0.5) is 0 Å². The van der Waals surface area contributed by atoms with E-state index in [0.717, 1.165) is 22.3 Å². The number of rotatable bonds is 5. The lowest BCUT2D eigenvalue weighted by Crippen LogP contribution is -2.04. The van der Waals surface area contributed by atoms with E-state index >= 15 is 0 Å². The highest BCUT2D eigenvalue weighted by atomic mass is 16.5. The van der Waals surface area contributed by atoms with Crippen LogP contribution in [-0.2, 0) is 16.0 Å². The molecule has 0 aliphatic rings. The van der Waals surface area contributed by atoms with Gasteiger partial charge in [0.1, 0.15) is 0 Å². The summed E-state index contributed by atoms with van der Waals surface area (Å²) in [4.78, 5) is 11.1. The van der Waals surface area contributed by atoms with Gasteiger partial charge in [-0.2, -0.15) is 0 Å². The number of carbonyl (C=O) groups is 1. The Bertz CT molecular complexity index is 603. The first-order chi connectivity index (χ1) is 10.1. The molecule has 0 amide bonds. The summed E-state index contributed by atoms with van der Waals surface area (Å²) in [5.41, 5.74) is 10.5. The van der Waals surface area contributed by atoms with Gasteiger partial charge in [-0.15, -0.1) is 0 Å². The molecule has 3 nitrogen and oxygen atoms in total. The number of hydrogen-bond donors (Lipinski definition) is 1. The summed E-state index contributed by atoms with van der Waals surface area (Å²) in [5.74, 6) is -0.177. The van der Waals surface area contributed by atoms with E-state index in [1.807, 2.05) is 19.1 Å². The van der Waals surface area contributed by atoms with Crippen LogP contribution in [0.25, 0.3) is 11.1 Å². The Morgan fingerprint density at radius 1 is 1.14 bits per heavy atom. The summed E-state index contributed by atoms with van der Waals surface area (Å²) >= 11 is 0. The van der Waals surface area contributed by atoms with Crippen molar-refractivity contribution in [2.45, 2.75) is 25.8 Å². The average Bonchev–Trinajstić information content (AvgIpc) is 2.53. The summed E-state index contributed by atoms with van der Waals surface area (Å²) in [7, 11) is 1.41. The van der Waals surface area contributed by atoms with E-state index < -0.39 is 0 Å². The monoisotopic (exact) mass is 283 g/mol. The predicted octanol–water partition coefficient (Wildman–Crippen LogP) is 3.48. The van der Waals surface area contributed by atoms with Crippen molar-refractivity contribution < 1.29 is 9.53 Å². The van der Waals surface area contributed by atoms with Gasteiger partial charge >= 0.3 is 5.97 Å². The molecule has 1 atom stereocenters. The second-order valence-electron chi connectivity index (χ2n) is 5.19. The van der Waals surface area contributed by atoms with E-state index in [9.17, 15) is 4.79 Å². The molecule has 2 aromatic carbocycles. The Balaban J connectivity index is 2.11. The molecule has 0 bridgehead atoms. The summed E-state index contributed by atoms with van der Waals surface area (Å²) in [6, 6.07) is 16.6. The smallest absolute Gasteiger partial charge is 0.305 e. The highest BCUT2D eigenvalue weighted by molar-refractivity contribution is 5.69. The molecule has 110 valence electrons. The van der Waals surface area contributed by atoms with Gasteiger partial charge in [0.15, 0.2) is 0 Å². The van der Waals surface area contributed by atoms with E-state index in [0.29, 0.717) is 12.8 Å². The van der Waals surface area contributed by atoms with Crippen LogP contribution in [0.1, 0.15) is 30.5 Å². The van der Waals surface area contributed by atoms with Gasteiger partial charge in [-0.3, -0.25) is 4.79 Å². The third-order valence-corrected chi connectivity index (χ3v) is 3.55. The Labute approximate surface area is 125 Å². The number of benzene rings is 2. The molecular weight excluding hydrogens is 262 g/mol. The number of methoxy groups -OCH3 is 1. The minimum Gasteiger partial charge on any atom is -0.469 e. The summed E-state index contributed by atoms with van der Waals surface area (Å²) in [5, 5.41) is 0. The molecule has 21 heavy (non-hydrogen) atoms. The first kappa shape index (κ1) is 15.3. The van der Waals surface area contributed by atoms with Gasteiger partial charge in [0.2, 0.25) is 0 Å². The summed E-state index contributed by atoms with van der Waals surface area (Å²) < 4.78 is 4.65. The fourth-order valence-electron chi connectivity index (χ4n) is 2.21. The van der Waals surface area contributed by atoms with Crippen molar-refractivity contribution >= 4 is 5.97 Å². The number of aryl methyl sites for hydroxylation is 1. The zero-order valence-corrected chi connectivity index (χ0v) is 12.5. The molecule has 0 aliphatic carbocycles. The van der Waals surface area contributed by atoms with E-state index in [4.69, 9.17) is 5.73 Å². The van der Waals surface area contributed by atoms with Crippen LogP contribution >= 0.6 is 0 Å². The molecule has 2 N–H and O–H groups in total. The number of carbonyl (C=O) groups excluding carboxylic acids is 1. The third-order valence-electron chi connectivity index (χ3n) is 3.55. The summed E-state index contributed by atoms with van der Waals surface area (Å²) in [6.45, 7) is 1.98. The number of esters is 1. The standard InChI is InChI=1S/C18H21NO2/c1-13(19)16-4-3-5-17(12-16)15-9-6-14(7-10-15)8-11-18(20)21-2/h3-7,9-10,12-13H,8,11,19H2,1-2H3/t13-/m1/s1. The van der Waals surface area contributed by atoms with Crippen LogP contribution in [0.3, 0.4) is 0 Å². The van der Waals surface area contributed by atoms with Gasteiger partial charge in [-0.05, 0) is 41.7 Å². The largest absolute Gasteiger partial charge is 0.469 e. The first-order valence-corrected chi connectivity index (χ1v) is 7.12. The van der Waals surface area contributed by atoms with Gasteiger partial charge in [0.25, 0.3) is 0 Å². The van der Waals surface area contributed by atoms with Gasteiger partial charge in [-0.25, -0.2) is 0 Å². The fraction of sp³-hybridized carbons (Fsp3) is 0.278. The zero-order chi connectivity index (χ0) is 15.2. The quantitative estimate of drug-likeness (QED) is 0.855. The van der Waals surface area contributed by atoms with Crippen LogP contribution < -0.4 is 5.73 Å². The van der Waals surface area contributed by atoms with Crippen LogP contribution in [0.15, 0.2) is 48.5 Å². The number of ether oxygens (including phenoxy) is 1. The van der Waals surface area contributed by atoms with E-state index in [1.165, 1.54) is 7.11 Å². The van der Waals surface area contributed by atoms with Gasteiger partial charge in [-0.1, -0.05) is 42.5 Å². The van der Waals surface area contributed by atoms with E-state index in [2.05, 4.69) is 41.1 Å². The maximum absolute atomic E-state index is 11.1. The molecule has 0 fully saturated rings. The second-order valence-corrected chi connectivity index (χ2v) is 5.19. The molecule has 0 aliphatic heterocycles. The normalized spacial score (nSPS) is 12.0. The SMILES string of the molecule is COC(=O)CCc1ccc(-c2cccc([C@@H](C)N)c2)cc1. The summed E-state index contributed by atoms with van der Waals surface area (Å²) in [6.07, 6.45) is 1.11. The van der Waals surface area contributed by atoms with Crippen molar-refractivity contribution in [2.24, 2.45) is 5.73 Å². The molecule has 0 radical (unpaired) electrons. The van der Waals surface area contributed by atoms with Crippen LogP contribution in [0, 0.1) is 0 Å². The molecule has 0 heterocycles. The van der Waals surface area contributed by atoms with E-state index in [-0.39, 0.29) is 12.0 Å². The molecule has 0 saturated carbocycles. The van der Waals surface area contributed by atoms with Gasteiger partial charge in [0.05, 0.1) is 7.11 Å². The molecule has 0 spiro atoms. The highest BCUT2D eigenvalue weighted by Crippen LogP contribution is 2.23. The number of hydrogen-bond acceptors (Lipinski definition) is 3. The van der Waals surface area contributed by atoms with Crippen LogP contribution in [0.5, 0.6) is 0 Å². The minimum atomic E-state index is -0.177. The van der Waals surface area contributed by atoms with Crippen molar-refractivity contribution in [1.29, 1.82) is 0 Å². The number of nitrogens with two attached hydrogens (primary N) is 1. The molecule has 0 unspecified atom stereocenters. The molecule has 3 heteroatoms. The van der Waals surface area contributed by atoms with Crippen molar-refractivity contribution in [2.75, 3.05) is 7.11 Å². The Kier molecular flexibility index (Phi) is 5.12. The highest BCUT2D eigenvalue weighted by Gasteiger charge is 2.04.